The average molecular weight is 598 g/mol. The maximum absolute atomic E-state index is 12.8. The van der Waals surface area contributed by atoms with E-state index in [4.69, 9.17) is 18.9 Å². The van der Waals surface area contributed by atoms with E-state index in [0.717, 1.165) is 36.5 Å². The van der Waals surface area contributed by atoms with Gasteiger partial charge < -0.3 is 23.8 Å². The van der Waals surface area contributed by atoms with E-state index in [1.807, 2.05) is 30.3 Å². The van der Waals surface area contributed by atoms with Crippen LogP contribution in [0.1, 0.15) is 88.4 Å². The molecule has 0 fully saturated rings. The van der Waals surface area contributed by atoms with E-state index in [9.17, 15) is 19.2 Å². The van der Waals surface area contributed by atoms with Gasteiger partial charge in [0, 0.05) is 5.56 Å². The summed E-state index contributed by atoms with van der Waals surface area (Å²) in [6.07, 6.45) is 11.8. The van der Waals surface area contributed by atoms with Gasteiger partial charge >= 0.3 is 11.9 Å². The number of benzene rings is 2. The quantitative estimate of drug-likeness (QED) is 0.0647. The van der Waals surface area contributed by atoms with Gasteiger partial charge in [-0.15, -0.1) is 0 Å². The van der Waals surface area contributed by atoms with Crippen LogP contribution in [0.25, 0.3) is 0 Å². The molecule has 2 rings (SSSR count). The van der Waals surface area contributed by atoms with Crippen molar-refractivity contribution in [3.05, 3.63) is 60.2 Å². The lowest BCUT2D eigenvalue weighted by Gasteiger charge is -2.20. The van der Waals surface area contributed by atoms with Crippen molar-refractivity contribution in [1.29, 1.82) is 0 Å². The third-order valence-electron chi connectivity index (χ3n) is 6.67. The number of esters is 2. The van der Waals surface area contributed by atoms with Crippen molar-refractivity contribution in [1.82, 2.24) is 4.90 Å². The lowest BCUT2D eigenvalue weighted by Crippen LogP contribution is -2.44. The van der Waals surface area contributed by atoms with Crippen LogP contribution < -0.4 is 9.47 Å². The van der Waals surface area contributed by atoms with Crippen LogP contribution in [-0.4, -0.2) is 68.0 Å². The van der Waals surface area contributed by atoms with Crippen LogP contribution >= 0.6 is 0 Å². The fourth-order valence-electron chi connectivity index (χ4n) is 4.41. The molecule has 0 aliphatic carbocycles. The molecular weight excluding hydrogens is 550 g/mol. The predicted octanol–water partition coefficient (Wildman–Crippen LogP) is 6.18. The smallest absolute Gasteiger partial charge is 0.325 e. The van der Waals surface area contributed by atoms with E-state index >= 15 is 0 Å². The molecule has 2 aromatic rings. The van der Waals surface area contributed by atoms with E-state index in [1.165, 1.54) is 57.1 Å². The molecule has 0 aromatic heterocycles. The summed E-state index contributed by atoms with van der Waals surface area (Å²) in [7, 11) is 0. The topological polar surface area (TPSA) is 108 Å². The normalized spacial score (nSPS) is 10.6. The molecular formula is C34H47NO8. The van der Waals surface area contributed by atoms with Crippen molar-refractivity contribution in [2.24, 2.45) is 0 Å². The second kappa shape index (κ2) is 21.8. The second-order valence-electron chi connectivity index (χ2n) is 10.2. The van der Waals surface area contributed by atoms with Gasteiger partial charge in [-0.2, -0.15) is 0 Å². The molecule has 0 spiro atoms. The predicted molar refractivity (Wildman–Crippen MR) is 164 cm³/mol. The molecule has 236 valence electrons. The zero-order valence-corrected chi connectivity index (χ0v) is 25.7. The van der Waals surface area contributed by atoms with Crippen LogP contribution in [0.5, 0.6) is 11.5 Å². The van der Waals surface area contributed by atoms with Gasteiger partial charge in [0.25, 0.3) is 5.91 Å². The Morgan fingerprint density at radius 2 is 0.977 bits per heavy atom. The number of carbonyl (C=O) groups excluding carboxylic acids is 4. The highest BCUT2D eigenvalue weighted by Crippen LogP contribution is 2.16. The largest absolute Gasteiger partial charge is 0.494 e. The van der Waals surface area contributed by atoms with Gasteiger partial charge in [-0.1, -0.05) is 69.6 Å². The number of carbonyl (C=O) groups is 4. The zero-order valence-electron chi connectivity index (χ0n) is 25.7. The third kappa shape index (κ3) is 15.2. The monoisotopic (exact) mass is 597 g/mol. The van der Waals surface area contributed by atoms with Crippen molar-refractivity contribution >= 4 is 23.6 Å². The van der Waals surface area contributed by atoms with E-state index in [1.54, 1.807) is 26.0 Å². The zero-order chi connectivity index (χ0) is 31.1. The first kappa shape index (κ1) is 35.3. The first-order valence-electron chi connectivity index (χ1n) is 15.5. The minimum Gasteiger partial charge on any atom is -0.494 e. The number of nitrogens with zero attached hydrogens (tertiary/aromatic N) is 1. The Bertz CT molecular complexity index is 1070. The number of ether oxygens (including phenoxy) is 4. The highest BCUT2D eigenvalue weighted by atomic mass is 16.5. The molecule has 0 unspecified atom stereocenters. The van der Waals surface area contributed by atoms with Crippen LogP contribution in [0.4, 0.5) is 0 Å². The Hall–Kier alpha value is -3.88. The summed E-state index contributed by atoms with van der Waals surface area (Å²) < 4.78 is 21.2. The molecule has 1 amide bonds. The van der Waals surface area contributed by atoms with E-state index in [2.05, 4.69) is 0 Å². The van der Waals surface area contributed by atoms with Crippen molar-refractivity contribution in [2.45, 2.75) is 78.1 Å². The first-order valence-corrected chi connectivity index (χ1v) is 15.5. The van der Waals surface area contributed by atoms with Crippen LogP contribution in [-0.2, 0) is 23.9 Å². The average Bonchev–Trinajstić information content (AvgIpc) is 3.01. The van der Waals surface area contributed by atoms with Crippen LogP contribution in [0, 0.1) is 0 Å². The maximum Gasteiger partial charge on any atom is 0.325 e. The molecule has 43 heavy (non-hydrogen) atoms. The van der Waals surface area contributed by atoms with Gasteiger partial charge in [0.05, 0.1) is 26.4 Å². The molecule has 0 radical (unpaired) electrons. The van der Waals surface area contributed by atoms with E-state index in [0.29, 0.717) is 12.4 Å². The molecule has 0 aliphatic heterocycles. The van der Waals surface area contributed by atoms with Gasteiger partial charge in [-0.3, -0.25) is 19.2 Å². The first-order chi connectivity index (χ1) is 20.9. The molecule has 0 aliphatic rings. The molecule has 0 N–H and O–H groups in total. The minimum atomic E-state index is -0.983. The third-order valence-corrected chi connectivity index (χ3v) is 6.67. The van der Waals surface area contributed by atoms with Gasteiger partial charge in [-0.25, -0.2) is 0 Å². The molecule has 9 heteroatoms. The summed E-state index contributed by atoms with van der Waals surface area (Å²) in [5.41, 5.74) is 0.135. The Balaban J connectivity index is 1.57. The van der Waals surface area contributed by atoms with Gasteiger partial charge in [0.15, 0.2) is 0 Å². The number of Topliss-reactive ketones (excluding diaryl/α,β-unsaturated/α-hetero) is 1. The summed E-state index contributed by atoms with van der Waals surface area (Å²) in [5, 5.41) is 0. The highest BCUT2D eigenvalue weighted by Gasteiger charge is 2.28. The molecule has 0 bridgehead atoms. The van der Waals surface area contributed by atoms with Crippen LogP contribution in [0.15, 0.2) is 54.6 Å². The number of ketones is 1. The Morgan fingerprint density at radius 1 is 0.558 bits per heavy atom. The maximum atomic E-state index is 12.8. The number of hydrogen-bond acceptors (Lipinski definition) is 8. The van der Waals surface area contributed by atoms with Crippen molar-refractivity contribution in [3.63, 3.8) is 0 Å². The van der Waals surface area contributed by atoms with Gasteiger partial charge in [-0.05, 0) is 63.1 Å². The second-order valence-corrected chi connectivity index (χ2v) is 10.2. The number of hydrogen-bond donors (Lipinski definition) is 0. The lowest BCUT2D eigenvalue weighted by molar-refractivity contribution is -0.152. The highest BCUT2D eigenvalue weighted by molar-refractivity contribution is 6.43. The number of rotatable bonds is 23. The van der Waals surface area contributed by atoms with E-state index in [-0.39, 0.29) is 18.8 Å². The summed E-state index contributed by atoms with van der Waals surface area (Å²) in [6.45, 7) is 3.78. The lowest BCUT2D eigenvalue weighted by atomic mass is 10.1. The SMILES string of the molecule is CCOC(=O)CN(CC(=O)OCC)C(=O)C(=O)c1ccc(OCCCCCCCCCCCCOc2ccccc2)cc1. The summed E-state index contributed by atoms with van der Waals surface area (Å²) in [5.74, 6) is -1.70. The fraction of sp³-hybridized carbons (Fsp3) is 0.529. The van der Waals surface area contributed by atoms with Crippen LogP contribution in [0.2, 0.25) is 0 Å². The van der Waals surface area contributed by atoms with E-state index < -0.39 is 36.7 Å². The summed E-state index contributed by atoms with van der Waals surface area (Å²) in [6, 6.07) is 16.2. The summed E-state index contributed by atoms with van der Waals surface area (Å²) in [4.78, 5) is 50.2. The summed E-state index contributed by atoms with van der Waals surface area (Å²) >= 11 is 0. The van der Waals surface area contributed by atoms with Crippen molar-refractivity contribution in [2.75, 3.05) is 39.5 Å². The fourth-order valence-corrected chi connectivity index (χ4v) is 4.41. The molecule has 0 saturated carbocycles. The van der Waals surface area contributed by atoms with Gasteiger partial charge in [0.2, 0.25) is 5.78 Å². The molecule has 0 saturated heterocycles. The number of unbranched alkanes of at least 4 members (excludes halogenated alkanes) is 9. The molecule has 2 aromatic carbocycles. The molecule has 0 atom stereocenters. The Kier molecular flexibility index (Phi) is 17.9. The van der Waals surface area contributed by atoms with Crippen molar-refractivity contribution < 1.29 is 38.1 Å². The molecule has 9 nitrogen and oxygen atoms in total. The molecule has 0 heterocycles. The number of amides is 1. The Labute approximate surface area is 255 Å². The van der Waals surface area contributed by atoms with Crippen molar-refractivity contribution in [3.8, 4) is 11.5 Å². The van der Waals surface area contributed by atoms with Gasteiger partial charge in [0.1, 0.15) is 24.6 Å². The standard InChI is InChI=1S/C34H47NO8/c1-3-40-31(36)26-35(27-32(37)41-4-2)34(39)33(38)28-20-22-30(23-21-28)43-25-17-12-10-8-6-5-7-9-11-16-24-42-29-18-14-13-15-19-29/h13-15,18-23H,3-12,16-17,24-27H2,1-2H3. The number of para-hydroxylation sites is 1. The minimum absolute atomic E-state index is 0.114. The Morgan fingerprint density at radius 3 is 1.42 bits per heavy atom. The van der Waals surface area contributed by atoms with Crippen LogP contribution in [0.3, 0.4) is 0 Å².